The summed E-state index contributed by atoms with van der Waals surface area (Å²) in [6.45, 7) is 4.76. The lowest BCUT2D eigenvalue weighted by Crippen LogP contribution is -2.59. The molecule has 0 aliphatic rings. The molecule has 0 saturated carbocycles. The van der Waals surface area contributed by atoms with Crippen molar-refractivity contribution in [1.29, 1.82) is 0 Å². The first-order chi connectivity index (χ1) is 13.8. The number of carboxylic acids is 1. The molecule has 5 atom stereocenters. The lowest BCUT2D eigenvalue weighted by Gasteiger charge is -2.26. The molecule has 0 aliphatic heterocycles. The van der Waals surface area contributed by atoms with Gasteiger partial charge in [0.2, 0.25) is 23.6 Å². The van der Waals surface area contributed by atoms with Crippen LogP contribution in [0.15, 0.2) is 0 Å². The number of amides is 4. The molecule has 0 aromatic carbocycles. The maximum atomic E-state index is 12.7. The van der Waals surface area contributed by atoms with E-state index in [1.165, 1.54) is 0 Å². The minimum atomic E-state index is -1.66. The van der Waals surface area contributed by atoms with E-state index in [0.717, 1.165) is 6.92 Å². The number of nitrogens with two attached hydrogens (primary N) is 2. The van der Waals surface area contributed by atoms with Crippen molar-refractivity contribution in [3.05, 3.63) is 0 Å². The number of thiol groups is 1. The second kappa shape index (κ2) is 13.0. The predicted molar refractivity (Wildman–Crippen MR) is 110 cm³/mol. The first-order valence-corrected chi connectivity index (χ1v) is 9.90. The average molecular weight is 450 g/mol. The third-order valence-corrected chi connectivity index (χ3v) is 4.35. The normalized spacial score (nSPS) is 16.0. The van der Waals surface area contributed by atoms with Crippen molar-refractivity contribution in [3.63, 3.8) is 0 Å². The number of aliphatic carboxylic acids is 1. The molecule has 4 amide bonds. The van der Waals surface area contributed by atoms with Crippen LogP contribution in [-0.2, 0) is 24.0 Å². The number of hydrogen-bond acceptors (Lipinski definition) is 8. The maximum absolute atomic E-state index is 12.7. The highest BCUT2D eigenvalue weighted by Crippen LogP contribution is 2.07. The Morgan fingerprint density at radius 3 is 1.83 bits per heavy atom. The molecule has 12 nitrogen and oxygen atoms in total. The monoisotopic (exact) mass is 449 g/mol. The summed E-state index contributed by atoms with van der Waals surface area (Å²) in [6.07, 6.45) is -1.86. The predicted octanol–water partition coefficient (Wildman–Crippen LogP) is -2.92. The first-order valence-electron chi connectivity index (χ1n) is 9.26. The Bertz CT molecular complexity index is 644. The number of aliphatic hydroxyl groups excluding tert-OH is 1. The fourth-order valence-corrected chi connectivity index (χ4v) is 2.56. The number of aliphatic hydroxyl groups is 1. The third-order valence-electron chi connectivity index (χ3n) is 3.96. The Balaban J connectivity index is 5.48. The van der Waals surface area contributed by atoms with Gasteiger partial charge in [0.1, 0.15) is 12.1 Å². The summed E-state index contributed by atoms with van der Waals surface area (Å²) in [6, 6.07) is -5.20. The fraction of sp³-hybridized carbons (Fsp3) is 0.706. The van der Waals surface area contributed by atoms with Crippen LogP contribution >= 0.6 is 12.6 Å². The molecule has 0 spiro atoms. The summed E-state index contributed by atoms with van der Waals surface area (Å²) in [5.41, 5.74) is 10.7. The molecule has 172 valence electrons. The molecule has 0 aromatic heterocycles. The van der Waals surface area contributed by atoms with Crippen molar-refractivity contribution >= 4 is 42.2 Å². The fourth-order valence-electron chi connectivity index (χ4n) is 2.39. The summed E-state index contributed by atoms with van der Waals surface area (Å²) < 4.78 is 0. The molecule has 0 aromatic rings. The van der Waals surface area contributed by atoms with E-state index in [9.17, 15) is 29.1 Å². The van der Waals surface area contributed by atoms with Gasteiger partial charge in [0.15, 0.2) is 6.04 Å². The number of carbonyl (C=O) groups excluding carboxylic acids is 4. The van der Waals surface area contributed by atoms with E-state index in [0.29, 0.717) is 0 Å². The zero-order valence-electron chi connectivity index (χ0n) is 17.1. The lowest BCUT2D eigenvalue weighted by atomic mass is 10.0. The molecule has 0 heterocycles. The van der Waals surface area contributed by atoms with Crippen LogP contribution < -0.4 is 27.4 Å². The van der Waals surface area contributed by atoms with Gasteiger partial charge in [0.05, 0.1) is 18.6 Å². The molecule has 9 N–H and O–H groups in total. The Morgan fingerprint density at radius 1 is 0.933 bits per heavy atom. The molecule has 30 heavy (non-hydrogen) atoms. The zero-order chi connectivity index (χ0) is 23.6. The van der Waals surface area contributed by atoms with Crippen molar-refractivity contribution < 1.29 is 34.2 Å². The minimum Gasteiger partial charge on any atom is -0.480 e. The highest BCUT2D eigenvalue weighted by molar-refractivity contribution is 7.80. The number of carboxylic acid groups (broad SMARTS) is 1. The largest absolute Gasteiger partial charge is 0.480 e. The smallest absolute Gasteiger partial charge is 0.328 e. The van der Waals surface area contributed by atoms with Gasteiger partial charge in [-0.05, 0) is 19.3 Å². The number of hydrogen-bond donors (Lipinski definition) is 8. The van der Waals surface area contributed by atoms with Crippen LogP contribution in [-0.4, -0.2) is 75.8 Å². The molecule has 0 radical (unpaired) electrons. The standard InChI is InChI=1S/C17H31N5O7S/c1-7(2)4-10(20-14(25)9(18)6-30)15(26)21-11(5-12(19)24)16(27)22-13(8(3)23)17(28)29/h7-11,13,23,30H,4-6,18H2,1-3H3,(H2,19,24)(H,20,25)(H,21,26)(H,22,27)(H,28,29). The molecular formula is C17H31N5O7S. The summed E-state index contributed by atoms with van der Waals surface area (Å²) in [7, 11) is 0. The van der Waals surface area contributed by atoms with Gasteiger partial charge in [0.25, 0.3) is 0 Å². The molecule has 0 fully saturated rings. The second-order valence-electron chi connectivity index (χ2n) is 7.28. The van der Waals surface area contributed by atoms with Crippen molar-refractivity contribution in [1.82, 2.24) is 16.0 Å². The second-order valence-corrected chi connectivity index (χ2v) is 7.64. The van der Waals surface area contributed by atoms with Gasteiger partial charge in [-0.3, -0.25) is 19.2 Å². The van der Waals surface area contributed by atoms with Gasteiger partial charge in [-0.15, -0.1) is 0 Å². The summed E-state index contributed by atoms with van der Waals surface area (Å²) in [4.78, 5) is 59.7. The summed E-state index contributed by atoms with van der Waals surface area (Å²) in [5, 5.41) is 25.4. The minimum absolute atomic E-state index is 0.0247. The van der Waals surface area contributed by atoms with Crippen molar-refractivity contribution in [3.8, 4) is 0 Å². The Kier molecular flexibility index (Phi) is 12.0. The topological polar surface area (TPSA) is 214 Å². The number of rotatable bonds is 13. The van der Waals surface area contributed by atoms with Crippen LogP contribution in [0.4, 0.5) is 0 Å². The Morgan fingerprint density at radius 2 is 1.43 bits per heavy atom. The molecule has 0 bridgehead atoms. The zero-order valence-corrected chi connectivity index (χ0v) is 18.0. The van der Waals surface area contributed by atoms with Crippen LogP contribution in [0.1, 0.15) is 33.6 Å². The summed E-state index contributed by atoms with van der Waals surface area (Å²) in [5.74, 6) is -4.85. The van der Waals surface area contributed by atoms with Crippen LogP contribution in [0, 0.1) is 5.92 Å². The molecule has 0 rings (SSSR count). The first kappa shape index (κ1) is 27.6. The quantitative estimate of drug-likeness (QED) is 0.136. The van der Waals surface area contributed by atoms with Gasteiger partial charge < -0.3 is 37.6 Å². The van der Waals surface area contributed by atoms with Crippen molar-refractivity contribution in [2.45, 2.75) is 63.9 Å². The van der Waals surface area contributed by atoms with E-state index in [-0.39, 0.29) is 18.1 Å². The van der Waals surface area contributed by atoms with Gasteiger partial charge in [-0.2, -0.15) is 12.6 Å². The number of primary amides is 1. The van der Waals surface area contributed by atoms with Crippen LogP contribution in [0.2, 0.25) is 0 Å². The van der Waals surface area contributed by atoms with E-state index >= 15 is 0 Å². The van der Waals surface area contributed by atoms with Gasteiger partial charge in [0, 0.05) is 5.75 Å². The molecular weight excluding hydrogens is 418 g/mol. The van der Waals surface area contributed by atoms with Gasteiger partial charge in [-0.1, -0.05) is 13.8 Å². The molecule has 0 saturated heterocycles. The van der Waals surface area contributed by atoms with Crippen molar-refractivity contribution in [2.75, 3.05) is 5.75 Å². The van der Waals surface area contributed by atoms with E-state index in [2.05, 4.69) is 23.3 Å². The average Bonchev–Trinajstić information content (AvgIpc) is 2.62. The van der Waals surface area contributed by atoms with E-state index in [4.69, 9.17) is 16.6 Å². The number of carbonyl (C=O) groups is 5. The molecule has 5 unspecified atom stereocenters. The van der Waals surface area contributed by atoms with Crippen molar-refractivity contribution in [2.24, 2.45) is 17.4 Å². The Labute approximate surface area is 179 Å². The highest BCUT2D eigenvalue weighted by Gasteiger charge is 2.32. The van der Waals surface area contributed by atoms with Gasteiger partial charge >= 0.3 is 5.97 Å². The molecule has 0 aliphatic carbocycles. The third kappa shape index (κ3) is 9.89. The number of nitrogens with one attached hydrogen (secondary N) is 3. The van der Waals surface area contributed by atoms with E-state index in [1.54, 1.807) is 13.8 Å². The highest BCUT2D eigenvalue weighted by atomic mass is 32.1. The van der Waals surface area contributed by atoms with Crippen LogP contribution in [0.5, 0.6) is 0 Å². The SMILES string of the molecule is CC(C)CC(NC(=O)C(N)CS)C(=O)NC(CC(N)=O)C(=O)NC(C(=O)O)C(C)O. The summed E-state index contributed by atoms with van der Waals surface area (Å²) >= 11 is 3.92. The molecule has 13 heteroatoms. The van der Waals surface area contributed by atoms with E-state index in [1.807, 2.05) is 5.32 Å². The maximum Gasteiger partial charge on any atom is 0.328 e. The van der Waals surface area contributed by atoms with E-state index < -0.39 is 66.3 Å². The van der Waals surface area contributed by atoms with Crippen LogP contribution in [0.3, 0.4) is 0 Å². The Hall–Kier alpha value is -2.38. The van der Waals surface area contributed by atoms with Gasteiger partial charge in [-0.25, -0.2) is 4.79 Å². The lowest BCUT2D eigenvalue weighted by molar-refractivity contribution is -0.145. The van der Waals surface area contributed by atoms with Crippen LogP contribution in [0.25, 0.3) is 0 Å².